The number of nitrogens with one attached hydrogen (secondary N) is 2. The lowest BCUT2D eigenvalue weighted by molar-refractivity contribution is -0.0545. The van der Waals surface area contributed by atoms with E-state index in [4.69, 9.17) is 9.97 Å². The van der Waals surface area contributed by atoms with E-state index in [0.717, 1.165) is 26.5 Å². The molecule has 0 saturated heterocycles. The van der Waals surface area contributed by atoms with Gasteiger partial charge in [0.2, 0.25) is 5.95 Å². The lowest BCUT2D eigenvalue weighted by atomic mass is 10.0. The highest BCUT2D eigenvalue weighted by molar-refractivity contribution is 7.21. The second-order valence-corrected chi connectivity index (χ2v) is 9.84. The molecule has 1 aliphatic carbocycles. The lowest BCUT2D eigenvalue weighted by Gasteiger charge is -2.31. The summed E-state index contributed by atoms with van der Waals surface area (Å²) in [7, 11) is 0. The zero-order valence-electron chi connectivity index (χ0n) is 19.0. The number of benzene rings is 2. The number of nitrogens with zero attached hydrogens (tertiary/aromatic N) is 3. The van der Waals surface area contributed by atoms with Crippen molar-refractivity contribution >= 4 is 39.0 Å². The van der Waals surface area contributed by atoms with Gasteiger partial charge in [0, 0.05) is 18.2 Å². The minimum Gasteiger partial charge on any atom is -0.396 e. The summed E-state index contributed by atoms with van der Waals surface area (Å²) in [6, 6.07) is 15.7. The summed E-state index contributed by atoms with van der Waals surface area (Å²) in [5.74, 6) is 0.336. The average molecular weight is 478 g/mol. The predicted molar refractivity (Wildman–Crippen MR) is 134 cm³/mol. The van der Waals surface area contributed by atoms with E-state index < -0.39 is 17.7 Å². The molecule has 1 saturated carbocycles. The van der Waals surface area contributed by atoms with Crippen LogP contribution in [-0.2, 0) is 0 Å². The first-order valence-electron chi connectivity index (χ1n) is 11.2. The van der Waals surface area contributed by atoms with Crippen molar-refractivity contribution in [2.45, 2.75) is 38.5 Å². The van der Waals surface area contributed by atoms with Gasteiger partial charge in [-0.25, -0.2) is 9.97 Å². The predicted octanol–water partition coefficient (Wildman–Crippen LogP) is 3.98. The van der Waals surface area contributed by atoms with Crippen molar-refractivity contribution in [2.24, 2.45) is 5.92 Å². The SMILES string of the molecule is Cc1cccc(Nc2nc(C)c(-c3nc4ccccc4s3)c(NC3(O)CCC(CO)C3O)n2)c1. The van der Waals surface area contributed by atoms with E-state index in [2.05, 4.69) is 15.6 Å². The maximum atomic E-state index is 11.3. The van der Waals surface area contributed by atoms with Crippen molar-refractivity contribution in [3.8, 4) is 10.6 Å². The Morgan fingerprint density at radius 2 is 1.91 bits per heavy atom. The van der Waals surface area contributed by atoms with Crippen molar-refractivity contribution in [3.63, 3.8) is 0 Å². The Morgan fingerprint density at radius 1 is 1.09 bits per heavy atom. The molecule has 0 amide bonds. The van der Waals surface area contributed by atoms with Gasteiger partial charge >= 0.3 is 0 Å². The maximum absolute atomic E-state index is 11.3. The van der Waals surface area contributed by atoms with E-state index in [1.807, 2.05) is 62.4 Å². The third-order valence-corrected chi connectivity index (χ3v) is 7.33. The van der Waals surface area contributed by atoms with E-state index in [1.54, 1.807) is 0 Å². The summed E-state index contributed by atoms with van der Waals surface area (Å²) in [6.07, 6.45) is -0.359. The van der Waals surface area contributed by atoms with Crippen LogP contribution in [0.5, 0.6) is 0 Å². The smallest absolute Gasteiger partial charge is 0.229 e. The van der Waals surface area contributed by atoms with Crippen molar-refractivity contribution < 1.29 is 15.3 Å². The van der Waals surface area contributed by atoms with Crippen LogP contribution in [0.25, 0.3) is 20.8 Å². The number of aromatic nitrogens is 3. The van der Waals surface area contributed by atoms with Gasteiger partial charge in [-0.15, -0.1) is 11.3 Å². The first-order valence-corrected chi connectivity index (χ1v) is 12.1. The quantitative estimate of drug-likeness (QED) is 0.264. The van der Waals surface area contributed by atoms with Crippen LogP contribution >= 0.6 is 11.3 Å². The van der Waals surface area contributed by atoms with Crippen LogP contribution in [-0.4, -0.2) is 48.7 Å². The van der Waals surface area contributed by atoms with Gasteiger partial charge in [0.15, 0.2) is 5.72 Å². The van der Waals surface area contributed by atoms with Gasteiger partial charge in [0.25, 0.3) is 0 Å². The van der Waals surface area contributed by atoms with Crippen LogP contribution in [0.4, 0.5) is 17.5 Å². The molecular formula is C25H27N5O3S. The third-order valence-electron chi connectivity index (χ3n) is 6.27. The zero-order chi connectivity index (χ0) is 23.9. The second-order valence-electron chi connectivity index (χ2n) is 8.81. The highest BCUT2D eigenvalue weighted by Crippen LogP contribution is 2.40. The number of hydrogen-bond acceptors (Lipinski definition) is 9. The van der Waals surface area contributed by atoms with Gasteiger partial charge in [-0.05, 0) is 56.5 Å². The normalized spacial score (nSPS) is 22.3. The highest BCUT2D eigenvalue weighted by atomic mass is 32.1. The van der Waals surface area contributed by atoms with Crippen molar-refractivity contribution in [1.29, 1.82) is 0 Å². The van der Waals surface area contributed by atoms with Gasteiger partial charge in [-0.1, -0.05) is 24.3 Å². The second kappa shape index (κ2) is 8.92. The van der Waals surface area contributed by atoms with Crippen molar-refractivity contribution in [2.75, 3.05) is 17.2 Å². The van der Waals surface area contributed by atoms with E-state index in [1.165, 1.54) is 11.3 Å². The monoisotopic (exact) mass is 477 g/mol. The molecule has 2 heterocycles. The maximum Gasteiger partial charge on any atom is 0.229 e. The lowest BCUT2D eigenvalue weighted by Crippen LogP contribution is -2.48. The van der Waals surface area contributed by atoms with E-state index in [-0.39, 0.29) is 13.0 Å². The fourth-order valence-corrected chi connectivity index (χ4v) is 5.50. The molecule has 8 nitrogen and oxygen atoms in total. The van der Waals surface area contributed by atoms with Gasteiger partial charge in [0.05, 0.1) is 21.5 Å². The summed E-state index contributed by atoms with van der Waals surface area (Å²) in [6.45, 7) is 3.69. The van der Waals surface area contributed by atoms with Crippen LogP contribution in [0.15, 0.2) is 48.5 Å². The fourth-order valence-electron chi connectivity index (χ4n) is 4.44. The molecule has 9 heteroatoms. The number of fused-ring (bicyclic) bond motifs is 1. The number of anilines is 3. The number of rotatable bonds is 6. The summed E-state index contributed by atoms with van der Waals surface area (Å²) in [4.78, 5) is 14.1. The number of para-hydroxylation sites is 1. The Kier molecular flexibility index (Phi) is 5.95. The molecule has 34 heavy (non-hydrogen) atoms. The van der Waals surface area contributed by atoms with Crippen molar-refractivity contribution in [3.05, 3.63) is 59.8 Å². The summed E-state index contributed by atoms with van der Waals surface area (Å²) in [5.41, 5.74) is 2.54. The van der Waals surface area contributed by atoms with Crippen molar-refractivity contribution in [1.82, 2.24) is 15.0 Å². The molecule has 1 aliphatic rings. The number of aryl methyl sites for hydroxylation is 2. The third kappa shape index (κ3) is 4.23. The minimum absolute atomic E-state index is 0.196. The van der Waals surface area contributed by atoms with Gasteiger partial charge in [0.1, 0.15) is 16.9 Å². The molecule has 5 rings (SSSR count). The number of aliphatic hydroxyl groups is 3. The molecule has 4 aromatic rings. The Labute approximate surface area is 201 Å². The Hall–Kier alpha value is -3.11. The zero-order valence-corrected chi connectivity index (χ0v) is 19.8. The molecular weight excluding hydrogens is 450 g/mol. The highest BCUT2D eigenvalue weighted by Gasteiger charge is 2.47. The minimum atomic E-state index is -1.62. The molecule has 2 aromatic carbocycles. The van der Waals surface area contributed by atoms with E-state index in [0.29, 0.717) is 29.4 Å². The van der Waals surface area contributed by atoms with Crippen LogP contribution in [0.1, 0.15) is 24.1 Å². The van der Waals surface area contributed by atoms with Crippen LogP contribution in [0.2, 0.25) is 0 Å². The molecule has 5 N–H and O–H groups in total. The van der Waals surface area contributed by atoms with E-state index in [9.17, 15) is 15.3 Å². The molecule has 1 fully saturated rings. The number of thiazole rings is 1. The molecule has 0 spiro atoms. The van der Waals surface area contributed by atoms with Gasteiger partial charge in [-0.3, -0.25) is 0 Å². The van der Waals surface area contributed by atoms with Gasteiger partial charge in [-0.2, -0.15) is 4.98 Å². The van der Waals surface area contributed by atoms with Crippen LogP contribution < -0.4 is 10.6 Å². The Morgan fingerprint density at radius 3 is 2.65 bits per heavy atom. The van der Waals surface area contributed by atoms with Crippen LogP contribution in [0, 0.1) is 19.8 Å². The Balaban J connectivity index is 1.59. The molecule has 3 atom stereocenters. The first-order chi connectivity index (χ1) is 16.4. The molecule has 0 aliphatic heterocycles. The summed E-state index contributed by atoms with van der Waals surface area (Å²) >= 11 is 1.52. The number of aliphatic hydroxyl groups excluding tert-OH is 2. The average Bonchev–Trinajstić information content (AvgIpc) is 3.34. The first kappa shape index (κ1) is 22.7. The largest absolute Gasteiger partial charge is 0.396 e. The molecule has 0 bridgehead atoms. The molecule has 2 aromatic heterocycles. The molecule has 3 unspecified atom stereocenters. The van der Waals surface area contributed by atoms with Crippen LogP contribution in [0.3, 0.4) is 0 Å². The standard InChI is InChI=1S/C25H27N5O3S/c1-14-6-5-7-17(12-14)27-24-26-15(2)20(23-28-18-8-3-4-9-19(18)34-23)22(29-24)30-25(33)11-10-16(13-31)21(25)32/h3-9,12,16,21,31-33H,10-11,13H2,1-2H3,(H2,26,27,29,30). The number of hydrogen-bond donors (Lipinski definition) is 5. The summed E-state index contributed by atoms with van der Waals surface area (Å²) in [5, 5.41) is 38.6. The molecule has 176 valence electrons. The fraction of sp³-hybridized carbons (Fsp3) is 0.320. The summed E-state index contributed by atoms with van der Waals surface area (Å²) < 4.78 is 1.03. The van der Waals surface area contributed by atoms with E-state index >= 15 is 0 Å². The molecule has 0 radical (unpaired) electrons. The topological polar surface area (TPSA) is 123 Å². The Bertz CT molecular complexity index is 1310. The van der Waals surface area contributed by atoms with Gasteiger partial charge < -0.3 is 26.0 Å².